The molecule has 0 spiro atoms. The van der Waals surface area contributed by atoms with Crippen molar-refractivity contribution in [3.8, 4) is 5.75 Å². The predicted octanol–water partition coefficient (Wildman–Crippen LogP) is 4.20. The maximum atomic E-state index is 11.8. The van der Waals surface area contributed by atoms with Crippen LogP contribution in [0.5, 0.6) is 5.75 Å². The molecule has 25 heavy (non-hydrogen) atoms. The van der Waals surface area contributed by atoms with Gasteiger partial charge in [-0.3, -0.25) is 4.79 Å². The van der Waals surface area contributed by atoms with E-state index < -0.39 is 0 Å². The zero-order valence-corrected chi connectivity index (χ0v) is 15.7. The molecule has 0 bridgehead atoms. The van der Waals surface area contributed by atoms with Gasteiger partial charge in [-0.2, -0.15) is 5.10 Å². The van der Waals surface area contributed by atoms with Crippen molar-refractivity contribution in [2.75, 3.05) is 12.9 Å². The second-order valence-corrected chi connectivity index (χ2v) is 6.94. The summed E-state index contributed by atoms with van der Waals surface area (Å²) in [6.45, 7) is 4.32. The number of rotatable bonds is 8. The van der Waals surface area contributed by atoms with Crippen LogP contribution in [-0.2, 0) is 10.5 Å². The highest BCUT2D eigenvalue weighted by molar-refractivity contribution is 7.99. The number of thioether (sulfide) groups is 1. The normalized spacial score (nSPS) is 11.0. The molecular formula is C20H24N2O2S. The van der Waals surface area contributed by atoms with Crippen LogP contribution in [0.3, 0.4) is 0 Å². The number of hydrogen-bond acceptors (Lipinski definition) is 4. The standard InChI is InChI=1S/C20H24N2O2S/c1-15(2)18-8-4-16(5-9-18)12-21-22-20(23)14-25-13-17-6-10-19(24-3)11-7-17/h4-12,15H,13-14H2,1-3H3,(H,22,23)/b21-12-. The summed E-state index contributed by atoms with van der Waals surface area (Å²) in [5, 5.41) is 4.01. The van der Waals surface area contributed by atoms with E-state index in [1.54, 1.807) is 25.1 Å². The highest BCUT2D eigenvalue weighted by Gasteiger charge is 2.01. The van der Waals surface area contributed by atoms with E-state index in [4.69, 9.17) is 4.74 Å². The molecule has 0 saturated carbocycles. The maximum absolute atomic E-state index is 11.8. The van der Waals surface area contributed by atoms with Crippen molar-refractivity contribution < 1.29 is 9.53 Å². The molecule has 0 atom stereocenters. The lowest BCUT2D eigenvalue weighted by Gasteiger charge is -2.04. The van der Waals surface area contributed by atoms with Crippen LogP contribution < -0.4 is 10.2 Å². The number of methoxy groups -OCH3 is 1. The molecule has 2 aromatic carbocycles. The molecule has 5 heteroatoms. The Kier molecular flexibility index (Phi) is 7.54. The number of benzene rings is 2. The van der Waals surface area contributed by atoms with Crippen molar-refractivity contribution in [3.63, 3.8) is 0 Å². The molecular weight excluding hydrogens is 332 g/mol. The second kappa shape index (κ2) is 9.89. The van der Waals surface area contributed by atoms with Gasteiger partial charge in [-0.25, -0.2) is 5.43 Å². The highest BCUT2D eigenvalue weighted by Crippen LogP contribution is 2.16. The van der Waals surface area contributed by atoms with Crippen LogP contribution in [0.4, 0.5) is 0 Å². The summed E-state index contributed by atoms with van der Waals surface area (Å²) in [6.07, 6.45) is 1.66. The van der Waals surface area contributed by atoms with E-state index in [0.29, 0.717) is 11.7 Å². The average molecular weight is 356 g/mol. The van der Waals surface area contributed by atoms with Crippen LogP contribution in [0.15, 0.2) is 53.6 Å². The Labute approximate surface area is 153 Å². The molecule has 0 saturated heterocycles. The van der Waals surface area contributed by atoms with Gasteiger partial charge in [0.2, 0.25) is 5.91 Å². The Bertz CT molecular complexity index is 695. The largest absolute Gasteiger partial charge is 0.497 e. The first-order chi connectivity index (χ1) is 12.1. The Morgan fingerprint density at radius 1 is 1.16 bits per heavy atom. The molecule has 0 aromatic heterocycles. The number of nitrogens with zero attached hydrogens (tertiary/aromatic N) is 1. The zero-order valence-electron chi connectivity index (χ0n) is 14.9. The van der Waals surface area contributed by atoms with Crippen molar-refractivity contribution in [1.29, 1.82) is 0 Å². The second-order valence-electron chi connectivity index (χ2n) is 5.96. The average Bonchev–Trinajstić information content (AvgIpc) is 2.63. The van der Waals surface area contributed by atoms with E-state index in [2.05, 4.69) is 36.5 Å². The Balaban J connectivity index is 1.70. The van der Waals surface area contributed by atoms with Gasteiger partial charge < -0.3 is 4.74 Å². The third-order valence-electron chi connectivity index (χ3n) is 3.67. The molecule has 0 aliphatic rings. The van der Waals surface area contributed by atoms with Gasteiger partial charge in [0.15, 0.2) is 0 Å². The molecule has 1 amide bonds. The molecule has 0 heterocycles. The monoisotopic (exact) mass is 356 g/mol. The number of amides is 1. The quantitative estimate of drug-likeness (QED) is 0.570. The summed E-state index contributed by atoms with van der Waals surface area (Å²) in [5.74, 6) is 2.39. The maximum Gasteiger partial charge on any atom is 0.250 e. The Morgan fingerprint density at radius 3 is 2.44 bits per heavy atom. The number of carbonyl (C=O) groups is 1. The van der Waals surface area contributed by atoms with Gasteiger partial charge in [0.25, 0.3) is 0 Å². The minimum atomic E-state index is -0.103. The lowest BCUT2D eigenvalue weighted by Crippen LogP contribution is -2.19. The van der Waals surface area contributed by atoms with Gasteiger partial charge in [-0.05, 0) is 34.7 Å². The van der Waals surface area contributed by atoms with E-state index in [1.165, 1.54) is 5.56 Å². The van der Waals surface area contributed by atoms with Gasteiger partial charge in [0.05, 0.1) is 19.1 Å². The van der Waals surface area contributed by atoms with E-state index in [-0.39, 0.29) is 5.91 Å². The van der Waals surface area contributed by atoms with Crippen molar-refractivity contribution in [3.05, 3.63) is 65.2 Å². The molecule has 2 aromatic rings. The van der Waals surface area contributed by atoms with Crippen LogP contribution >= 0.6 is 11.8 Å². The van der Waals surface area contributed by atoms with Crippen LogP contribution in [0.1, 0.15) is 36.5 Å². The topological polar surface area (TPSA) is 50.7 Å². The molecule has 2 rings (SSSR count). The SMILES string of the molecule is COc1ccc(CSCC(=O)N/N=C\c2ccc(C(C)C)cc2)cc1. The molecule has 4 nitrogen and oxygen atoms in total. The smallest absolute Gasteiger partial charge is 0.250 e. The summed E-state index contributed by atoms with van der Waals surface area (Å²) in [7, 11) is 1.65. The summed E-state index contributed by atoms with van der Waals surface area (Å²) in [6, 6.07) is 16.0. The van der Waals surface area contributed by atoms with Gasteiger partial charge in [0, 0.05) is 5.75 Å². The summed E-state index contributed by atoms with van der Waals surface area (Å²) >= 11 is 1.55. The van der Waals surface area contributed by atoms with Gasteiger partial charge >= 0.3 is 0 Å². The third kappa shape index (κ3) is 6.63. The fraction of sp³-hybridized carbons (Fsp3) is 0.300. The Morgan fingerprint density at radius 2 is 1.84 bits per heavy atom. The van der Waals surface area contributed by atoms with Gasteiger partial charge in [-0.15, -0.1) is 11.8 Å². The molecule has 0 aliphatic heterocycles. The van der Waals surface area contributed by atoms with Crippen LogP contribution in [0.2, 0.25) is 0 Å². The first-order valence-electron chi connectivity index (χ1n) is 8.21. The molecule has 0 fully saturated rings. The third-order valence-corrected chi connectivity index (χ3v) is 4.67. The first kappa shape index (κ1) is 19.1. The van der Waals surface area contributed by atoms with Crippen molar-refractivity contribution in [2.45, 2.75) is 25.5 Å². The van der Waals surface area contributed by atoms with Gasteiger partial charge in [-0.1, -0.05) is 50.2 Å². The van der Waals surface area contributed by atoms with Gasteiger partial charge in [0.1, 0.15) is 5.75 Å². The number of nitrogens with one attached hydrogen (secondary N) is 1. The lowest BCUT2D eigenvalue weighted by atomic mass is 10.0. The molecule has 1 N–H and O–H groups in total. The number of hydrazone groups is 1. The van der Waals surface area contributed by atoms with E-state index in [0.717, 1.165) is 22.6 Å². The predicted molar refractivity (Wildman–Crippen MR) is 105 cm³/mol. The van der Waals surface area contributed by atoms with Crippen LogP contribution in [0.25, 0.3) is 0 Å². The van der Waals surface area contributed by atoms with E-state index in [1.807, 2.05) is 36.4 Å². The zero-order chi connectivity index (χ0) is 18.1. The number of ether oxygens (including phenoxy) is 1. The van der Waals surface area contributed by atoms with Crippen molar-refractivity contribution in [2.24, 2.45) is 5.10 Å². The highest BCUT2D eigenvalue weighted by atomic mass is 32.2. The summed E-state index contributed by atoms with van der Waals surface area (Å²) < 4.78 is 5.12. The number of hydrogen-bond donors (Lipinski definition) is 1. The molecule has 132 valence electrons. The first-order valence-corrected chi connectivity index (χ1v) is 9.36. The Hall–Kier alpha value is -2.27. The van der Waals surface area contributed by atoms with Crippen molar-refractivity contribution in [1.82, 2.24) is 5.43 Å². The summed E-state index contributed by atoms with van der Waals surface area (Å²) in [4.78, 5) is 11.8. The minimum Gasteiger partial charge on any atom is -0.497 e. The number of carbonyl (C=O) groups excluding carboxylic acids is 1. The van der Waals surface area contributed by atoms with E-state index in [9.17, 15) is 4.79 Å². The van der Waals surface area contributed by atoms with E-state index >= 15 is 0 Å². The minimum absolute atomic E-state index is 0.103. The molecule has 0 radical (unpaired) electrons. The fourth-order valence-electron chi connectivity index (χ4n) is 2.16. The van der Waals surface area contributed by atoms with Crippen LogP contribution in [0, 0.1) is 0 Å². The van der Waals surface area contributed by atoms with Crippen molar-refractivity contribution >= 4 is 23.9 Å². The fourth-order valence-corrected chi connectivity index (χ4v) is 2.94. The van der Waals surface area contributed by atoms with Crippen LogP contribution in [-0.4, -0.2) is 25.0 Å². The lowest BCUT2D eigenvalue weighted by molar-refractivity contribution is -0.118. The molecule has 0 unspecified atom stereocenters. The molecule has 0 aliphatic carbocycles. The summed E-state index contributed by atoms with van der Waals surface area (Å²) in [5.41, 5.74) is 5.98.